The number of hydrogen-bond donors (Lipinski definition) is 2. The fraction of sp³-hybridized carbons (Fsp3) is 0.524. The number of rotatable bonds is 6. The highest BCUT2D eigenvalue weighted by molar-refractivity contribution is 7.07. The average Bonchev–Trinajstić information content (AvgIpc) is 3.22. The lowest BCUT2D eigenvalue weighted by Gasteiger charge is -2.36. The number of anilines is 1. The molecule has 1 saturated heterocycles. The number of aliphatic imine (C=N–C) groups is 1. The first-order valence-electron chi connectivity index (χ1n) is 9.87. The molecule has 2 aromatic heterocycles. The SMILES string of the molecule is CN=C(NCc1ccc(N2CC(C)OC(C)C2)nc1)NCC(C)c1ccsc1. The second-order valence-electron chi connectivity index (χ2n) is 7.45. The minimum atomic E-state index is 0.234. The number of aromatic nitrogens is 1. The molecule has 0 amide bonds. The average molecular weight is 402 g/mol. The molecule has 7 heteroatoms. The first-order chi connectivity index (χ1) is 13.5. The monoisotopic (exact) mass is 401 g/mol. The van der Waals surface area contributed by atoms with Gasteiger partial charge in [0.2, 0.25) is 0 Å². The van der Waals surface area contributed by atoms with E-state index in [4.69, 9.17) is 4.74 Å². The molecule has 3 rings (SSSR count). The molecule has 1 aliphatic rings. The first kappa shape index (κ1) is 20.6. The fourth-order valence-electron chi connectivity index (χ4n) is 3.40. The van der Waals surface area contributed by atoms with Crippen LogP contribution in [0.15, 0.2) is 40.1 Å². The van der Waals surface area contributed by atoms with Crippen LogP contribution in [-0.4, -0.2) is 49.8 Å². The Kier molecular flexibility index (Phi) is 7.28. The molecule has 0 spiro atoms. The van der Waals surface area contributed by atoms with E-state index in [0.717, 1.165) is 37.0 Å². The van der Waals surface area contributed by atoms with Crippen LogP contribution in [-0.2, 0) is 11.3 Å². The largest absolute Gasteiger partial charge is 0.372 e. The molecule has 6 nitrogen and oxygen atoms in total. The maximum Gasteiger partial charge on any atom is 0.191 e. The summed E-state index contributed by atoms with van der Waals surface area (Å²) in [7, 11) is 1.80. The molecule has 3 atom stereocenters. The van der Waals surface area contributed by atoms with Gasteiger partial charge in [0.1, 0.15) is 5.82 Å². The zero-order valence-corrected chi connectivity index (χ0v) is 18.0. The zero-order valence-electron chi connectivity index (χ0n) is 17.2. The Bertz CT molecular complexity index is 737. The Morgan fingerprint density at radius 1 is 1.29 bits per heavy atom. The summed E-state index contributed by atoms with van der Waals surface area (Å²) in [6.07, 6.45) is 2.41. The second kappa shape index (κ2) is 9.89. The van der Waals surface area contributed by atoms with E-state index in [1.54, 1.807) is 18.4 Å². The van der Waals surface area contributed by atoms with Crippen molar-refractivity contribution in [3.63, 3.8) is 0 Å². The van der Waals surface area contributed by atoms with Crippen LogP contribution in [0.1, 0.15) is 37.8 Å². The third-order valence-electron chi connectivity index (χ3n) is 4.92. The minimum absolute atomic E-state index is 0.234. The highest BCUT2D eigenvalue weighted by atomic mass is 32.1. The number of hydrogen-bond acceptors (Lipinski definition) is 5. The Morgan fingerprint density at radius 3 is 2.68 bits per heavy atom. The summed E-state index contributed by atoms with van der Waals surface area (Å²) >= 11 is 1.74. The van der Waals surface area contributed by atoms with Crippen molar-refractivity contribution in [1.82, 2.24) is 15.6 Å². The fourth-order valence-corrected chi connectivity index (χ4v) is 4.18. The van der Waals surface area contributed by atoms with Crippen LogP contribution in [0, 0.1) is 0 Å². The lowest BCUT2D eigenvalue weighted by atomic mass is 10.1. The van der Waals surface area contributed by atoms with E-state index in [1.807, 2.05) is 6.20 Å². The van der Waals surface area contributed by atoms with E-state index >= 15 is 0 Å². The summed E-state index contributed by atoms with van der Waals surface area (Å²) in [5.74, 6) is 2.27. The van der Waals surface area contributed by atoms with Gasteiger partial charge in [-0.2, -0.15) is 11.3 Å². The van der Waals surface area contributed by atoms with Gasteiger partial charge in [0, 0.05) is 39.4 Å². The normalized spacial score (nSPS) is 21.4. The minimum Gasteiger partial charge on any atom is -0.372 e. The van der Waals surface area contributed by atoms with Crippen molar-refractivity contribution < 1.29 is 4.74 Å². The smallest absolute Gasteiger partial charge is 0.191 e. The number of morpholine rings is 1. The number of pyridine rings is 1. The molecule has 3 heterocycles. The maximum atomic E-state index is 5.80. The molecule has 0 radical (unpaired) electrons. The molecule has 0 bridgehead atoms. The van der Waals surface area contributed by atoms with Gasteiger partial charge in [-0.25, -0.2) is 4.98 Å². The lowest BCUT2D eigenvalue weighted by molar-refractivity contribution is -0.00545. The van der Waals surface area contributed by atoms with Crippen molar-refractivity contribution in [2.75, 3.05) is 31.6 Å². The molecular formula is C21H31N5OS. The van der Waals surface area contributed by atoms with Crippen molar-refractivity contribution in [3.05, 3.63) is 46.3 Å². The van der Waals surface area contributed by atoms with Gasteiger partial charge in [0.05, 0.1) is 12.2 Å². The second-order valence-corrected chi connectivity index (χ2v) is 8.23. The van der Waals surface area contributed by atoms with Crippen molar-refractivity contribution in [2.24, 2.45) is 4.99 Å². The quantitative estimate of drug-likeness (QED) is 0.575. The molecule has 1 fully saturated rings. The number of nitrogens with zero attached hydrogens (tertiary/aromatic N) is 3. The molecule has 152 valence electrons. The summed E-state index contributed by atoms with van der Waals surface area (Å²) < 4.78 is 5.80. The highest BCUT2D eigenvalue weighted by Crippen LogP contribution is 2.19. The van der Waals surface area contributed by atoms with E-state index in [-0.39, 0.29) is 12.2 Å². The summed E-state index contributed by atoms with van der Waals surface area (Å²) in [6.45, 7) is 9.74. The van der Waals surface area contributed by atoms with Gasteiger partial charge < -0.3 is 20.3 Å². The van der Waals surface area contributed by atoms with E-state index in [1.165, 1.54) is 5.56 Å². The third-order valence-corrected chi connectivity index (χ3v) is 5.63. The van der Waals surface area contributed by atoms with E-state index < -0.39 is 0 Å². The Balaban J connectivity index is 1.48. The topological polar surface area (TPSA) is 61.8 Å². The van der Waals surface area contributed by atoms with Gasteiger partial charge in [-0.1, -0.05) is 13.0 Å². The predicted molar refractivity (Wildman–Crippen MR) is 117 cm³/mol. The Morgan fingerprint density at radius 2 is 2.07 bits per heavy atom. The number of thiophene rings is 1. The number of nitrogens with one attached hydrogen (secondary N) is 2. The van der Waals surface area contributed by atoms with Gasteiger partial charge >= 0.3 is 0 Å². The third kappa shape index (κ3) is 5.69. The lowest BCUT2D eigenvalue weighted by Crippen LogP contribution is -2.45. The van der Waals surface area contributed by atoms with Crippen LogP contribution in [0.3, 0.4) is 0 Å². The van der Waals surface area contributed by atoms with Crippen molar-refractivity contribution >= 4 is 23.1 Å². The van der Waals surface area contributed by atoms with E-state index in [0.29, 0.717) is 12.5 Å². The van der Waals surface area contributed by atoms with Crippen LogP contribution < -0.4 is 15.5 Å². The molecule has 0 aliphatic carbocycles. The summed E-state index contributed by atoms with van der Waals surface area (Å²) in [6, 6.07) is 6.40. The van der Waals surface area contributed by atoms with Gasteiger partial charge in [-0.05, 0) is 53.8 Å². The Hall–Kier alpha value is -2.12. The molecule has 3 unspecified atom stereocenters. The van der Waals surface area contributed by atoms with Crippen molar-refractivity contribution in [2.45, 2.75) is 45.4 Å². The molecule has 0 aromatic carbocycles. The van der Waals surface area contributed by atoms with Crippen LogP contribution in [0.5, 0.6) is 0 Å². The molecule has 28 heavy (non-hydrogen) atoms. The standard InChI is InChI=1S/C21H31N5OS/c1-15(19-7-8-28-14-19)9-24-21(22-4)25-11-18-5-6-20(23-10-18)26-12-16(2)27-17(3)13-26/h5-8,10,14-17H,9,11-13H2,1-4H3,(H2,22,24,25). The van der Waals surface area contributed by atoms with Crippen LogP contribution in [0.25, 0.3) is 0 Å². The van der Waals surface area contributed by atoms with Crippen LogP contribution in [0.4, 0.5) is 5.82 Å². The zero-order chi connectivity index (χ0) is 19.9. The highest BCUT2D eigenvalue weighted by Gasteiger charge is 2.22. The molecular weight excluding hydrogens is 370 g/mol. The first-order valence-corrected chi connectivity index (χ1v) is 10.8. The van der Waals surface area contributed by atoms with Crippen LogP contribution in [0.2, 0.25) is 0 Å². The van der Waals surface area contributed by atoms with Crippen molar-refractivity contribution in [3.8, 4) is 0 Å². The van der Waals surface area contributed by atoms with Gasteiger partial charge in [-0.3, -0.25) is 4.99 Å². The van der Waals surface area contributed by atoms with Crippen LogP contribution >= 0.6 is 11.3 Å². The summed E-state index contributed by atoms with van der Waals surface area (Å²) in [5.41, 5.74) is 2.49. The van der Waals surface area contributed by atoms with Gasteiger partial charge in [-0.15, -0.1) is 0 Å². The maximum absolute atomic E-state index is 5.80. The number of ether oxygens (including phenoxy) is 1. The molecule has 0 saturated carbocycles. The molecule has 2 N–H and O–H groups in total. The summed E-state index contributed by atoms with van der Waals surface area (Å²) in [4.78, 5) is 11.3. The van der Waals surface area contributed by atoms with Gasteiger partial charge in [0.15, 0.2) is 5.96 Å². The van der Waals surface area contributed by atoms with E-state index in [2.05, 4.69) is 75.2 Å². The predicted octanol–water partition coefficient (Wildman–Crippen LogP) is 3.23. The molecule has 2 aromatic rings. The molecule has 1 aliphatic heterocycles. The van der Waals surface area contributed by atoms with Gasteiger partial charge in [0.25, 0.3) is 0 Å². The number of guanidine groups is 1. The Labute approximate surface area is 172 Å². The van der Waals surface area contributed by atoms with Crippen molar-refractivity contribution in [1.29, 1.82) is 0 Å². The summed E-state index contributed by atoms with van der Waals surface area (Å²) in [5, 5.41) is 11.1. The van der Waals surface area contributed by atoms with E-state index in [9.17, 15) is 0 Å².